The smallest absolute Gasteiger partial charge is 0.266 e. The van der Waals surface area contributed by atoms with Gasteiger partial charge in [-0.25, -0.2) is 0 Å². The van der Waals surface area contributed by atoms with Crippen molar-refractivity contribution in [1.29, 1.82) is 0 Å². The number of hydrogen-bond donors (Lipinski definition) is 1. The molecule has 0 amide bonds. The Balaban J connectivity index is 1.92. The first kappa shape index (κ1) is 16.2. The van der Waals surface area contributed by atoms with Crippen LogP contribution in [-0.2, 0) is 5.75 Å². The third-order valence-electron chi connectivity index (χ3n) is 3.08. The summed E-state index contributed by atoms with van der Waals surface area (Å²) in [6, 6.07) is 9.97. The molecule has 114 valence electrons. The van der Waals surface area contributed by atoms with Crippen molar-refractivity contribution in [3.05, 3.63) is 47.1 Å². The van der Waals surface area contributed by atoms with Crippen LogP contribution in [0.2, 0.25) is 0 Å². The van der Waals surface area contributed by atoms with Gasteiger partial charge in [0.15, 0.2) is 0 Å². The SMILES string of the molecule is CC(C)(C)C(CSCc1c[nH]c(=S)o1)Oc1ccccc1. The summed E-state index contributed by atoms with van der Waals surface area (Å²) >= 11 is 6.71. The van der Waals surface area contributed by atoms with E-state index in [0.29, 0.717) is 4.84 Å². The van der Waals surface area contributed by atoms with Gasteiger partial charge in [-0.15, -0.1) is 11.8 Å². The molecule has 0 aliphatic carbocycles. The van der Waals surface area contributed by atoms with Gasteiger partial charge >= 0.3 is 0 Å². The van der Waals surface area contributed by atoms with E-state index in [0.717, 1.165) is 23.0 Å². The molecule has 3 nitrogen and oxygen atoms in total. The van der Waals surface area contributed by atoms with Crippen LogP contribution in [0.5, 0.6) is 5.75 Å². The van der Waals surface area contributed by atoms with Gasteiger partial charge in [-0.05, 0) is 29.8 Å². The van der Waals surface area contributed by atoms with E-state index >= 15 is 0 Å². The number of oxazole rings is 1. The Morgan fingerprint density at radius 3 is 2.57 bits per heavy atom. The van der Waals surface area contributed by atoms with Gasteiger partial charge in [-0.2, -0.15) is 0 Å². The molecule has 1 N–H and O–H groups in total. The average molecular weight is 323 g/mol. The van der Waals surface area contributed by atoms with Crippen molar-refractivity contribution >= 4 is 24.0 Å². The molecule has 21 heavy (non-hydrogen) atoms. The van der Waals surface area contributed by atoms with Crippen LogP contribution >= 0.6 is 24.0 Å². The predicted octanol–water partition coefficient (Wildman–Crippen LogP) is 5.06. The molecule has 0 saturated carbocycles. The van der Waals surface area contributed by atoms with Gasteiger partial charge in [-0.3, -0.25) is 0 Å². The predicted molar refractivity (Wildman–Crippen MR) is 90.4 cm³/mol. The number of aromatic amines is 1. The van der Waals surface area contributed by atoms with Crippen molar-refractivity contribution in [2.75, 3.05) is 5.75 Å². The number of ether oxygens (including phenoxy) is 1. The lowest BCUT2D eigenvalue weighted by atomic mass is 9.90. The number of hydrogen-bond acceptors (Lipinski definition) is 4. The highest BCUT2D eigenvalue weighted by atomic mass is 32.2. The summed E-state index contributed by atoms with van der Waals surface area (Å²) in [5.41, 5.74) is 0.0707. The number of aromatic nitrogens is 1. The van der Waals surface area contributed by atoms with Crippen LogP contribution in [0, 0.1) is 10.3 Å². The second-order valence-electron chi connectivity index (χ2n) is 5.95. The van der Waals surface area contributed by atoms with Crippen molar-refractivity contribution in [3.63, 3.8) is 0 Å². The Labute approximate surface area is 135 Å². The summed E-state index contributed by atoms with van der Waals surface area (Å²) in [6.07, 6.45) is 1.95. The first-order valence-corrected chi connectivity index (χ1v) is 8.48. The highest BCUT2D eigenvalue weighted by Crippen LogP contribution is 2.28. The van der Waals surface area contributed by atoms with Crippen LogP contribution in [-0.4, -0.2) is 16.8 Å². The van der Waals surface area contributed by atoms with Gasteiger partial charge in [-0.1, -0.05) is 39.0 Å². The summed E-state index contributed by atoms with van der Waals surface area (Å²) in [5, 5.41) is 0. The van der Waals surface area contributed by atoms with Crippen LogP contribution < -0.4 is 4.74 Å². The molecule has 1 atom stereocenters. The first-order valence-electron chi connectivity index (χ1n) is 6.92. The van der Waals surface area contributed by atoms with Crippen molar-refractivity contribution in [3.8, 4) is 5.75 Å². The van der Waals surface area contributed by atoms with Crippen LogP contribution in [0.1, 0.15) is 26.5 Å². The van der Waals surface area contributed by atoms with E-state index in [4.69, 9.17) is 21.4 Å². The normalized spacial score (nSPS) is 13.1. The Morgan fingerprint density at radius 1 is 1.29 bits per heavy atom. The lowest BCUT2D eigenvalue weighted by molar-refractivity contribution is 0.108. The lowest BCUT2D eigenvalue weighted by Gasteiger charge is -2.31. The molecule has 1 aromatic carbocycles. The first-order chi connectivity index (χ1) is 9.95. The summed E-state index contributed by atoms with van der Waals surface area (Å²) in [6.45, 7) is 6.59. The van der Waals surface area contributed by atoms with E-state index in [1.165, 1.54) is 0 Å². The average Bonchev–Trinajstić information content (AvgIpc) is 2.83. The summed E-state index contributed by atoms with van der Waals surface area (Å²) < 4.78 is 11.5. The number of benzene rings is 1. The highest BCUT2D eigenvalue weighted by Gasteiger charge is 2.26. The Hall–Kier alpha value is -1.20. The third-order valence-corrected chi connectivity index (χ3v) is 4.30. The number of rotatable bonds is 6. The molecule has 0 radical (unpaired) electrons. The van der Waals surface area contributed by atoms with Crippen molar-refractivity contribution in [2.45, 2.75) is 32.6 Å². The minimum absolute atomic E-state index is 0.0707. The quantitative estimate of drug-likeness (QED) is 0.754. The fourth-order valence-electron chi connectivity index (χ4n) is 1.78. The molecule has 2 rings (SSSR count). The maximum absolute atomic E-state index is 6.14. The maximum atomic E-state index is 6.14. The molecule has 0 aliphatic heterocycles. The van der Waals surface area contributed by atoms with Gasteiger partial charge in [0.2, 0.25) is 0 Å². The van der Waals surface area contributed by atoms with Gasteiger partial charge in [0.25, 0.3) is 4.84 Å². The van der Waals surface area contributed by atoms with E-state index < -0.39 is 0 Å². The fraction of sp³-hybridized carbons (Fsp3) is 0.438. The number of nitrogens with one attached hydrogen (secondary N) is 1. The summed E-state index contributed by atoms with van der Waals surface area (Å²) in [7, 11) is 0. The van der Waals surface area contributed by atoms with Crippen molar-refractivity contribution in [1.82, 2.24) is 4.98 Å². The zero-order chi connectivity index (χ0) is 15.3. The van der Waals surface area contributed by atoms with E-state index in [1.54, 1.807) is 11.8 Å². The lowest BCUT2D eigenvalue weighted by Crippen LogP contribution is -2.34. The molecule has 0 aliphatic rings. The molecule has 1 aromatic heterocycles. The molecule has 0 saturated heterocycles. The molecule has 0 fully saturated rings. The monoisotopic (exact) mass is 323 g/mol. The maximum Gasteiger partial charge on any atom is 0.266 e. The van der Waals surface area contributed by atoms with Crippen molar-refractivity contribution in [2.24, 2.45) is 5.41 Å². The number of thioether (sulfide) groups is 1. The Morgan fingerprint density at radius 2 is 2.00 bits per heavy atom. The molecule has 2 aromatic rings. The van der Waals surface area contributed by atoms with Crippen molar-refractivity contribution < 1.29 is 9.15 Å². The minimum Gasteiger partial charge on any atom is -0.489 e. The second-order valence-corrected chi connectivity index (χ2v) is 7.35. The molecule has 0 spiro atoms. The van der Waals surface area contributed by atoms with Crippen LogP contribution in [0.25, 0.3) is 0 Å². The van der Waals surface area contributed by atoms with E-state index in [-0.39, 0.29) is 11.5 Å². The van der Waals surface area contributed by atoms with E-state index in [2.05, 4.69) is 25.8 Å². The Bertz CT molecular complexity index is 598. The molecular weight excluding hydrogens is 302 g/mol. The molecule has 1 heterocycles. The molecular formula is C16H21NO2S2. The topological polar surface area (TPSA) is 38.2 Å². The number of H-pyrrole nitrogens is 1. The Kier molecular flexibility index (Phi) is 5.53. The third kappa shape index (κ3) is 5.25. The zero-order valence-electron chi connectivity index (χ0n) is 12.6. The van der Waals surface area contributed by atoms with E-state index in [1.807, 2.05) is 36.5 Å². The van der Waals surface area contributed by atoms with Crippen LogP contribution in [0.3, 0.4) is 0 Å². The van der Waals surface area contributed by atoms with E-state index in [9.17, 15) is 0 Å². The minimum atomic E-state index is 0.0707. The highest BCUT2D eigenvalue weighted by molar-refractivity contribution is 7.98. The zero-order valence-corrected chi connectivity index (χ0v) is 14.2. The van der Waals surface area contributed by atoms with Crippen LogP contribution in [0.4, 0.5) is 0 Å². The van der Waals surface area contributed by atoms with Crippen LogP contribution in [0.15, 0.2) is 40.9 Å². The molecule has 5 heteroatoms. The van der Waals surface area contributed by atoms with Gasteiger partial charge in [0.1, 0.15) is 17.6 Å². The second kappa shape index (κ2) is 7.18. The number of para-hydroxylation sites is 1. The fourth-order valence-corrected chi connectivity index (χ4v) is 3.19. The van der Waals surface area contributed by atoms with Gasteiger partial charge < -0.3 is 14.1 Å². The summed E-state index contributed by atoms with van der Waals surface area (Å²) in [5.74, 6) is 3.47. The van der Waals surface area contributed by atoms with Gasteiger partial charge in [0, 0.05) is 11.9 Å². The largest absolute Gasteiger partial charge is 0.489 e. The molecule has 1 unspecified atom stereocenters. The summed E-state index contributed by atoms with van der Waals surface area (Å²) in [4.78, 5) is 3.31. The molecule has 0 bridgehead atoms. The van der Waals surface area contributed by atoms with Gasteiger partial charge in [0.05, 0.1) is 5.75 Å². The standard InChI is InChI=1S/C16H21NO2S2/c1-16(2,3)14(18-12-7-5-4-6-8-12)11-21-10-13-9-17-15(20)19-13/h4-9,14H,10-11H2,1-3H3,(H,17,20).